The Labute approximate surface area is 128 Å². The topological polar surface area (TPSA) is 69.1 Å². The number of hydrogen-bond acceptors (Lipinski definition) is 2. The number of hydrogen-bond donors (Lipinski definition) is 2. The molecule has 0 saturated heterocycles. The highest BCUT2D eigenvalue weighted by Crippen LogP contribution is 2.45. The van der Waals surface area contributed by atoms with Crippen LogP contribution in [0, 0.1) is 5.92 Å². The summed E-state index contributed by atoms with van der Waals surface area (Å²) in [4.78, 5) is 11.5. The van der Waals surface area contributed by atoms with Gasteiger partial charge in [0.05, 0.1) is 0 Å². The van der Waals surface area contributed by atoms with Gasteiger partial charge < -0.3 is 11.5 Å². The van der Waals surface area contributed by atoms with Crippen molar-refractivity contribution in [3.05, 3.63) is 34.9 Å². The first-order valence-corrected chi connectivity index (χ1v) is 7.71. The van der Waals surface area contributed by atoms with Gasteiger partial charge in [-0.15, -0.1) is 0 Å². The molecule has 2 aliphatic carbocycles. The van der Waals surface area contributed by atoms with Crippen molar-refractivity contribution >= 4 is 5.91 Å². The molecule has 1 fully saturated rings. The molecule has 0 aliphatic heterocycles. The molecule has 0 spiro atoms. The van der Waals surface area contributed by atoms with E-state index in [0.29, 0.717) is 11.5 Å². The summed E-state index contributed by atoms with van der Waals surface area (Å²) >= 11 is 0. The van der Waals surface area contributed by atoms with E-state index >= 15 is 0 Å². The third-order valence-corrected chi connectivity index (χ3v) is 5.51. The average molecular weight is 288 g/mol. The monoisotopic (exact) mass is 288 g/mol. The van der Waals surface area contributed by atoms with E-state index in [1.165, 1.54) is 36.8 Å². The number of fused-ring (bicyclic) bond motifs is 4. The lowest BCUT2D eigenvalue weighted by Crippen LogP contribution is -2.52. The van der Waals surface area contributed by atoms with E-state index in [9.17, 15) is 4.79 Å². The normalized spacial score (nSPS) is 31.3. The van der Waals surface area contributed by atoms with Crippen LogP contribution < -0.4 is 11.5 Å². The number of amides is 1. The van der Waals surface area contributed by atoms with Gasteiger partial charge in [0.15, 0.2) is 0 Å². The van der Waals surface area contributed by atoms with Gasteiger partial charge in [-0.25, -0.2) is 0 Å². The maximum absolute atomic E-state index is 11.5. The lowest BCUT2D eigenvalue weighted by Gasteiger charge is -2.47. The van der Waals surface area contributed by atoms with Crippen LogP contribution in [0.5, 0.6) is 0 Å². The van der Waals surface area contributed by atoms with E-state index < -0.39 is 0 Å². The van der Waals surface area contributed by atoms with Crippen LogP contribution in [0.2, 0.25) is 0 Å². The molecule has 0 aromatic heterocycles. The van der Waals surface area contributed by atoms with Crippen LogP contribution in [-0.4, -0.2) is 11.9 Å². The minimum atomic E-state index is -0.349. The molecule has 0 radical (unpaired) electrons. The smallest absolute Gasteiger partial charge is 0.248 e. The third-order valence-electron chi connectivity index (χ3n) is 5.51. The van der Waals surface area contributed by atoms with Gasteiger partial charge in [-0.05, 0) is 48.4 Å². The zero-order valence-electron chi connectivity index (χ0n) is 12.2. The van der Waals surface area contributed by atoms with E-state index in [1.807, 2.05) is 12.1 Å². The minimum Gasteiger partial charge on any atom is -0.366 e. The van der Waals surface area contributed by atoms with Crippen LogP contribution in [0.3, 0.4) is 0 Å². The summed E-state index contributed by atoms with van der Waals surface area (Å²) < 4.78 is 0. The van der Waals surface area contributed by atoms with Gasteiger partial charge in [0.1, 0.15) is 0 Å². The molecule has 1 aromatic rings. The molecule has 3 rings (SSSR count). The fourth-order valence-electron chi connectivity index (χ4n) is 4.21. The van der Waals surface area contributed by atoms with Crippen LogP contribution in [-0.2, 0) is 11.8 Å². The number of rotatable bonds is 1. The first kappa shape index (κ1) is 16.0. The summed E-state index contributed by atoms with van der Waals surface area (Å²) in [6, 6.07) is 6.14. The van der Waals surface area contributed by atoms with Gasteiger partial charge in [0.2, 0.25) is 5.91 Å². The predicted molar refractivity (Wildman–Crippen MR) is 87.3 cm³/mol. The van der Waals surface area contributed by atoms with Crippen LogP contribution in [0.25, 0.3) is 0 Å². The van der Waals surface area contributed by atoms with Gasteiger partial charge >= 0.3 is 0 Å². The summed E-state index contributed by atoms with van der Waals surface area (Å²) in [5, 5.41) is 0. The zero-order chi connectivity index (χ0) is 14.3. The van der Waals surface area contributed by atoms with Crippen molar-refractivity contribution in [2.45, 2.75) is 64.3 Å². The Morgan fingerprint density at radius 3 is 2.76 bits per heavy atom. The van der Waals surface area contributed by atoms with E-state index in [0.717, 1.165) is 12.8 Å². The maximum atomic E-state index is 11.5. The molecular formula is C18H28N2O. The Balaban J connectivity index is 0.00000161. The number of benzene rings is 1. The van der Waals surface area contributed by atoms with Crippen molar-refractivity contribution in [1.29, 1.82) is 0 Å². The second-order valence-corrected chi connectivity index (χ2v) is 6.74. The van der Waals surface area contributed by atoms with Gasteiger partial charge in [0, 0.05) is 17.0 Å². The lowest BCUT2D eigenvalue weighted by molar-refractivity contribution is 0.1000. The van der Waals surface area contributed by atoms with E-state index in [2.05, 4.69) is 13.0 Å². The Kier molecular flexibility index (Phi) is 4.43. The fraction of sp³-hybridized carbons (Fsp3) is 0.611. The number of carbonyl (C=O) groups is 1. The molecule has 3 nitrogen and oxygen atoms in total. The van der Waals surface area contributed by atoms with Gasteiger partial charge in [-0.3, -0.25) is 4.79 Å². The molecule has 3 heteroatoms. The molecule has 2 aliphatic rings. The SMILES string of the molecule is C.C[C@@]12CCCCC[C@@H](Cc3ccc(C(N)=O)cc31)[C@@H]2N. The fourth-order valence-corrected chi connectivity index (χ4v) is 4.21. The standard InChI is InChI=1S/C17H24N2O.CH4/c1-17-8-4-2-3-5-12(15(17)18)9-11-6-7-13(16(19)20)10-14(11)17;/h6-7,10,12,15H,2-5,8-9,18H2,1H3,(H2,19,20);1H4/t12-,15-,17+;/m0./s1. The lowest BCUT2D eigenvalue weighted by atomic mass is 9.60. The van der Waals surface area contributed by atoms with Crippen molar-refractivity contribution in [1.82, 2.24) is 0 Å². The molecule has 1 amide bonds. The summed E-state index contributed by atoms with van der Waals surface area (Å²) in [6.45, 7) is 2.28. The van der Waals surface area contributed by atoms with E-state index in [1.54, 1.807) is 0 Å². The van der Waals surface area contributed by atoms with Crippen molar-refractivity contribution in [2.75, 3.05) is 0 Å². The molecule has 21 heavy (non-hydrogen) atoms. The number of primary amides is 1. The van der Waals surface area contributed by atoms with Crippen LogP contribution in [0.4, 0.5) is 0 Å². The largest absolute Gasteiger partial charge is 0.366 e. The molecule has 1 aromatic carbocycles. The molecule has 3 atom stereocenters. The molecule has 4 N–H and O–H groups in total. The van der Waals surface area contributed by atoms with Crippen molar-refractivity contribution < 1.29 is 4.79 Å². The Morgan fingerprint density at radius 2 is 2.05 bits per heavy atom. The summed E-state index contributed by atoms with van der Waals surface area (Å²) in [5.41, 5.74) is 15.3. The van der Waals surface area contributed by atoms with Crippen LogP contribution in [0.1, 0.15) is 67.9 Å². The minimum absolute atomic E-state index is 0. The van der Waals surface area contributed by atoms with Crippen LogP contribution in [0.15, 0.2) is 18.2 Å². The molecule has 0 heterocycles. The first-order chi connectivity index (χ1) is 9.52. The van der Waals surface area contributed by atoms with Gasteiger partial charge in [-0.2, -0.15) is 0 Å². The second kappa shape index (κ2) is 5.80. The van der Waals surface area contributed by atoms with Gasteiger partial charge in [0.25, 0.3) is 0 Å². The average Bonchev–Trinajstić information content (AvgIpc) is 2.43. The summed E-state index contributed by atoms with van der Waals surface area (Å²) in [7, 11) is 0. The highest BCUT2D eigenvalue weighted by Gasteiger charge is 2.43. The van der Waals surface area contributed by atoms with Crippen molar-refractivity contribution in [3.8, 4) is 0 Å². The zero-order valence-corrected chi connectivity index (χ0v) is 12.2. The molecule has 0 unspecified atom stereocenters. The Bertz CT molecular complexity index is 540. The van der Waals surface area contributed by atoms with Crippen molar-refractivity contribution in [2.24, 2.45) is 17.4 Å². The van der Waals surface area contributed by atoms with E-state index in [4.69, 9.17) is 11.5 Å². The molecule has 1 saturated carbocycles. The second-order valence-electron chi connectivity index (χ2n) is 6.74. The molecule has 116 valence electrons. The molecular weight excluding hydrogens is 260 g/mol. The summed E-state index contributed by atoms with van der Waals surface area (Å²) in [5.74, 6) is 0.227. The molecule has 2 bridgehead atoms. The highest BCUT2D eigenvalue weighted by molar-refractivity contribution is 5.93. The first-order valence-electron chi connectivity index (χ1n) is 7.71. The predicted octanol–water partition coefficient (Wildman–Crippen LogP) is 3.14. The summed E-state index contributed by atoms with van der Waals surface area (Å²) in [6.07, 6.45) is 7.20. The third kappa shape index (κ3) is 2.59. The quantitative estimate of drug-likeness (QED) is 0.833. The van der Waals surface area contributed by atoms with Crippen molar-refractivity contribution in [3.63, 3.8) is 0 Å². The Hall–Kier alpha value is -1.35. The maximum Gasteiger partial charge on any atom is 0.248 e. The van der Waals surface area contributed by atoms with Gasteiger partial charge in [-0.1, -0.05) is 39.7 Å². The Morgan fingerprint density at radius 1 is 1.29 bits per heavy atom. The van der Waals surface area contributed by atoms with Crippen LogP contribution >= 0.6 is 0 Å². The number of carbonyl (C=O) groups excluding carboxylic acids is 1. The number of nitrogens with two attached hydrogens (primary N) is 2. The van der Waals surface area contributed by atoms with E-state index in [-0.39, 0.29) is 24.8 Å². The highest BCUT2D eigenvalue weighted by atomic mass is 16.1.